The molecule has 2 aromatic rings. The van der Waals surface area contributed by atoms with Gasteiger partial charge in [0.05, 0.1) is 11.8 Å². The van der Waals surface area contributed by atoms with Crippen molar-refractivity contribution >= 4 is 17.7 Å². The highest BCUT2D eigenvalue weighted by atomic mass is 32.2. The van der Waals surface area contributed by atoms with Gasteiger partial charge in [-0.1, -0.05) is 0 Å². The van der Waals surface area contributed by atoms with Gasteiger partial charge in [-0.15, -0.1) is 0 Å². The van der Waals surface area contributed by atoms with Crippen LogP contribution in [-0.4, -0.2) is 38.4 Å². The summed E-state index contributed by atoms with van der Waals surface area (Å²) in [6.07, 6.45) is 4.84. The van der Waals surface area contributed by atoms with Crippen LogP contribution in [0.5, 0.6) is 0 Å². The van der Waals surface area contributed by atoms with Crippen LogP contribution in [0.25, 0.3) is 0 Å². The molecule has 5 nitrogen and oxygen atoms in total. The fourth-order valence-corrected chi connectivity index (χ4v) is 2.41. The predicted molar refractivity (Wildman–Crippen MR) is 75.1 cm³/mol. The third kappa shape index (κ3) is 4.01. The van der Waals surface area contributed by atoms with Gasteiger partial charge in [0.1, 0.15) is 5.03 Å². The zero-order valence-electron chi connectivity index (χ0n) is 11.5. The fraction of sp³-hybridized carbons (Fsp3) is 0.308. The minimum absolute atomic E-state index is 0.0375. The lowest BCUT2D eigenvalue weighted by molar-refractivity contribution is 0.0781. The molecule has 1 amide bonds. The van der Waals surface area contributed by atoms with Crippen LogP contribution in [-0.2, 0) is 13.6 Å². The first kappa shape index (κ1) is 15.4. The molecule has 0 aromatic carbocycles. The fourth-order valence-electron chi connectivity index (χ4n) is 1.84. The number of hydrogen-bond acceptors (Lipinski definition) is 4. The summed E-state index contributed by atoms with van der Waals surface area (Å²) in [5.74, 6) is -2.97. The summed E-state index contributed by atoms with van der Waals surface area (Å²) in [7, 11) is 3.39. The van der Waals surface area contributed by atoms with E-state index >= 15 is 0 Å². The number of halogens is 2. The summed E-state index contributed by atoms with van der Waals surface area (Å²) in [5.41, 5.74) is 1.04. The molecule has 2 heterocycles. The molecular formula is C13H14F2N4OS. The second-order valence-electron chi connectivity index (χ2n) is 4.42. The molecule has 2 aromatic heterocycles. The highest BCUT2D eigenvalue weighted by Crippen LogP contribution is 2.27. The molecule has 2 rings (SSSR count). The summed E-state index contributed by atoms with van der Waals surface area (Å²) in [4.78, 5) is 17.7. The van der Waals surface area contributed by atoms with Gasteiger partial charge >= 0.3 is 0 Å². The number of rotatable bonds is 5. The molecule has 0 fully saturated rings. The number of hydrogen-bond donors (Lipinski definition) is 0. The molecule has 0 radical (unpaired) electrons. The Kier molecular flexibility index (Phi) is 4.89. The average molecular weight is 312 g/mol. The summed E-state index contributed by atoms with van der Waals surface area (Å²) < 4.78 is 26.6. The Morgan fingerprint density at radius 2 is 2.29 bits per heavy atom. The summed E-state index contributed by atoms with van der Waals surface area (Å²) in [5, 5.41) is 4.06. The van der Waals surface area contributed by atoms with Crippen molar-refractivity contribution in [1.82, 2.24) is 19.7 Å². The molecule has 0 saturated carbocycles. The lowest BCUT2D eigenvalue weighted by Crippen LogP contribution is -2.26. The van der Waals surface area contributed by atoms with Gasteiger partial charge in [0.25, 0.3) is 11.7 Å². The van der Waals surface area contributed by atoms with Gasteiger partial charge in [0.15, 0.2) is 0 Å². The third-order valence-corrected chi connectivity index (χ3v) is 3.45. The topological polar surface area (TPSA) is 51.0 Å². The summed E-state index contributed by atoms with van der Waals surface area (Å²) >= 11 is 0.273. The van der Waals surface area contributed by atoms with E-state index in [2.05, 4.69) is 10.1 Å². The van der Waals surface area contributed by atoms with Gasteiger partial charge in [0, 0.05) is 38.6 Å². The van der Waals surface area contributed by atoms with Crippen LogP contribution in [0.3, 0.4) is 0 Å². The van der Waals surface area contributed by atoms with Crippen LogP contribution in [0.15, 0.2) is 35.7 Å². The third-order valence-electron chi connectivity index (χ3n) is 2.73. The van der Waals surface area contributed by atoms with E-state index in [4.69, 9.17) is 0 Å². The van der Waals surface area contributed by atoms with Gasteiger partial charge < -0.3 is 4.90 Å². The molecule has 0 aliphatic rings. The summed E-state index contributed by atoms with van der Waals surface area (Å²) in [6, 6.07) is 3.06. The molecule has 0 unspecified atom stereocenters. The molecule has 0 atom stereocenters. The van der Waals surface area contributed by atoms with Crippen LogP contribution >= 0.6 is 11.8 Å². The van der Waals surface area contributed by atoms with E-state index in [1.165, 1.54) is 17.2 Å². The SMILES string of the molecule is CN(Cc1cnn(C)c1)C(=O)c1cccnc1SC(F)F. The standard InChI is InChI=1S/C13H14F2N4OS/c1-18(7-9-6-17-19(2)8-9)12(20)10-4-3-5-16-11(10)21-13(14)15/h3-6,8,13H,7H2,1-2H3. The van der Waals surface area contributed by atoms with Crippen LogP contribution < -0.4 is 0 Å². The van der Waals surface area contributed by atoms with E-state index in [0.29, 0.717) is 6.54 Å². The maximum Gasteiger partial charge on any atom is 0.290 e. The first-order chi connectivity index (χ1) is 9.97. The van der Waals surface area contributed by atoms with Crippen molar-refractivity contribution < 1.29 is 13.6 Å². The molecular weight excluding hydrogens is 298 g/mol. The highest BCUT2D eigenvalue weighted by molar-refractivity contribution is 7.99. The number of carbonyl (C=O) groups excluding carboxylic acids is 1. The van der Waals surface area contributed by atoms with Gasteiger partial charge in [-0.2, -0.15) is 13.9 Å². The molecule has 0 N–H and O–H groups in total. The Bertz CT molecular complexity index is 632. The monoisotopic (exact) mass is 312 g/mol. The molecule has 8 heteroatoms. The minimum Gasteiger partial charge on any atom is -0.337 e. The number of aromatic nitrogens is 3. The predicted octanol–water partition coefficient (Wildman–Crippen LogP) is 2.40. The van der Waals surface area contributed by atoms with Crippen LogP contribution in [0.4, 0.5) is 8.78 Å². The van der Waals surface area contributed by atoms with E-state index in [1.807, 2.05) is 0 Å². The number of amides is 1. The zero-order valence-corrected chi connectivity index (χ0v) is 12.3. The Morgan fingerprint density at radius 1 is 1.52 bits per heavy atom. The van der Waals surface area contributed by atoms with E-state index in [1.54, 1.807) is 37.2 Å². The lowest BCUT2D eigenvalue weighted by Gasteiger charge is -2.17. The van der Waals surface area contributed by atoms with Crippen molar-refractivity contribution in [2.24, 2.45) is 7.05 Å². The Labute approximate surface area is 125 Å². The highest BCUT2D eigenvalue weighted by Gasteiger charge is 2.19. The van der Waals surface area contributed by atoms with E-state index in [-0.39, 0.29) is 28.3 Å². The quantitative estimate of drug-likeness (QED) is 0.796. The Balaban J connectivity index is 2.15. The molecule has 0 aliphatic carbocycles. The first-order valence-electron chi connectivity index (χ1n) is 6.10. The number of pyridine rings is 1. The average Bonchev–Trinajstić information content (AvgIpc) is 2.83. The van der Waals surface area contributed by atoms with Crippen molar-refractivity contribution in [3.8, 4) is 0 Å². The smallest absolute Gasteiger partial charge is 0.290 e. The molecule has 0 saturated heterocycles. The number of alkyl halides is 2. The normalized spacial score (nSPS) is 10.9. The number of carbonyl (C=O) groups is 1. The van der Waals surface area contributed by atoms with E-state index in [9.17, 15) is 13.6 Å². The van der Waals surface area contributed by atoms with Crippen molar-refractivity contribution in [2.45, 2.75) is 17.3 Å². The van der Waals surface area contributed by atoms with Crippen molar-refractivity contribution in [1.29, 1.82) is 0 Å². The maximum atomic E-state index is 12.5. The summed E-state index contributed by atoms with van der Waals surface area (Å²) in [6.45, 7) is 0.348. The number of nitrogens with zero attached hydrogens (tertiary/aromatic N) is 4. The molecule has 0 aliphatic heterocycles. The van der Waals surface area contributed by atoms with Crippen molar-refractivity contribution in [2.75, 3.05) is 7.05 Å². The van der Waals surface area contributed by atoms with E-state index in [0.717, 1.165) is 5.56 Å². The lowest BCUT2D eigenvalue weighted by atomic mass is 10.2. The van der Waals surface area contributed by atoms with Crippen LogP contribution in [0.2, 0.25) is 0 Å². The first-order valence-corrected chi connectivity index (χ1v) is 6.98. The van der Waals surface area contributed by atoms with Gasteiger partial charge in [-0.05, 0) is 23.9 Å². The van der Waals surface area contributed by atoms with E-state index < -0.39 is 5.76 Å². The largest absolute Gasteiger partial charge is 0.337 e. The van der Waals surface area contributed by atoms with Crippen molar-refractivity contribution in [3.63, 3.8) is 0 Å². The molecule has 112 valence electrons. The van der Waals surface area contributed by atoms with Gasteiger partial charge in [-0.3, -0.25) is 9.48 Å². The second-order valence-corrected chi connectivity index (χ2v) is 5.40. The van der Waals surface area contributed by atoms with Crippen LogP contribution in [0.1, 0.15) is 15.9 Å². The molecule has 21 heavy (non-hydrogen) atoms. The number of thioether (sulfide) groups is 1. The number of aryl methyl sites for hydroxylation is 1. The van der Waals surface area contributed by atoms with Gasteiger partial charge in [-0.25, -0.2) is 4.98 Å². The Hall–Kier alpha value is -1.96. The second kappa shape index (κ2) is 6.66. The Morgan fingerprint density at radius 3 is 2.90 bits per heavy atom. The molecule has 0 spiro atoms. The van der Waals surface area contributed by atoms with Gasteiger partial charge in [0.2, 0.25) is 0 Å². The molecule has 0 bridgehead atoms. The zero-order chi connectivity index (χ0) is 15.4. The maximum absolute atomic E-state index is 12.5. The van der Waals surface area contributed by atoms with Crippen molar-refractivity contribution in [3.05, 3.63) is 41.9 Å². The minimum atomic E-state index is -2.62. The van der Waals surface area contributed by atoms with Crippen LogP contribution in [0, 0.1) is 0 Å².